The van der Waals surface area contributed by atoms with Gasteiger partial charge in [-0.2, -0.15) is 0 Å². The van der Waals surface area contributed by atoms with Crippen LogP contribution in [0, 0.1) is 5.82 Å². The normalized spacial score (nSPS) is 14.6. The van der Waals surface area contributed by atoms with Gasteiger partial charge in [-0.05, 0) is 53.4 Å². The smallest absolute Gasteiger partial charge is 0.255 e. The summed E-state index contributed by atoms with van der Waals surface area (Å²) < 4.78 is 24.1. The molecular formula is C26H24ClFN2O4. The van der Waals surface area contributed by atoms with Gasteiger partial charge in [0.05, 0.1) is 14.2 Å². The second kappa shape index (κ2) is 10.1. The summed E-state index contributed by atoms with van der Waals surface area (Å²) in [5.74, 6) is 0.220. The van der Waals surface area contributed by atoms with Crippen molar-refractivity contribution in [2.45, 2.75) is 19.0 Å². The van der Waals surface area contributed by atoms with Gasteiger partial charge >= 0.3 is 0 Å². The Balaban J connectivity index is 1.51. The number of hydrogen-bond acceptors (Lipinski definition) is 4. The summed E-state index contributed by atoms with van der Waals surface area (Å²) in [7, 11) is 3.14. The lowest BCUT2D eigenvalue weighted by Crippen LogP contribution is -2.39. The molecule has 0 saturated carbocycles. The van der Waals surface area contributed by atoms with Crippen molar-refractivity contribution in [1.82, 2.24) is 10.2 Å². The molecule has 1 atom stereocenters. The highest BCUT2D eigenvalue weighted by molar-refractivity contribution is 6.31. The monoisotopic (exact) mass is 482 g/mol. The summed E-state index contributed by atoms with van der Waals surface area (Å²) in [6, 6.07) is 15.8. The number of fused-ring (bicyclic) bond motifs is 1. The predicted molar refractivity (Wildman–Crippen MR) is 127 cm³/mol. The molecule has 2 amide bonds. The summed E-state index contributed by atoms with van der Waals surface area (Å²) >= 11 is 6.19. The fourth-order valence-electron chi connectivity index (χ4n) is 4.11. The van der Waals surface area contributed by atoms with E-state index in [0.717, 1.165) is 5.56 Å². The first-order chi connectivity index (χ1) is 16.4. The van der Waals surface area contributed by atoms with Crippen molar-refractivity contribution in [2.75, 3.05) is 20.8 Å². The summed E-state index contributed by atoms with van der Waals surface area (Å²) in [5, 5.41) is 3.15. The Hall–Kier alpha value is -3.58. The third kappa shape index (κ3) is 4.70. The molecule has 1 heterocycles. The van der Waals surface area contributed by atoms with E-state index in [0.29, 0.717) is 41.2 Å². The van der Waals surface area contributed by atoms with Gasteiger partial charge < -0.3 is 19.7 Å². The minimum Gasteiger partial charge on any atom is -0.493 e. The number of ether oxygens (including phenoxy) is 2. The van der Waals surface area contributed by atoms with Crippen molar-refractivity contribution in [2.24, 2.45) is 0 Å². The van der Waals surface area contributed by atoms with Crippen LogP contribution in [0.1, 0.15) is 33.1 Å². The molecule has 0 aromatic heterocycles. The topological polar surface area (TPSA) is 67.9 Å². The SMILES string of the molecule is COc1ccc(CCNC(=O)C2c3ccccc3C(=O)N2Cc2ccc(F)cc2Cl)cc1OC. The molecule has 0 saturated heterocycles. The Bertz CT molecular complexity index is 1230. The Morgan fingerprint density at radius 2 is 1.82 bits per heavy atom. The van der Waals surface area contributed by atoms with Crippen molar-refractivity contribution in [3.63, 3.8) is 0 Å². The average molecular weight is 483 g/mol. The fourth-order valence-corrected chi connectivity index (χ4v) is 4.34. The highest BCUT2D eigenvalue weighted by atomic mass is 35.5. The van der Waals surface area contributed by atoms with Crippen LogP contribution in [0.15, 0.2) is 60.7 Å². The molecule has 1 N–H and O–H groups in total. The summed E-state index contributed by atoms with van der Waals surface area (Å²) in [6.45, 7) is 0.451. The molecule has 1 unspecified atom stereocenters. The predicted octanol–water partition coefficient (Wildman–Crippen LogP) is 4.55. The molecule has 3 aromatic carbocycles. The molecule has 0 aliphatic carbocycles. The van der Waals surface area contributed by atoms with E-state index in [1.807, 2.05) is 18.2 Å². The van der Waals surface area contributed by atoms with Crippen LogP contribution in [0.25, 0.3) is 0 Å². The van der Waals surface area contributed by atoms with Gasteiger partial charge in [-0.1, -0.05) is 41.9 Å². The Labute approximate surface area is 202 Å². The number of carbonyl (C=O) groups is 2. The molecule has 0 bridgehead atoms. The maximum absolute atomic E-state index is 13.5. The summed E-state index contributed by atoms with van der Waals surface area (Å²) in [5.41, 5.74) is 2.64. The van der Waals surface area contributed by atoms with E-state index in [-0.39, 0.29) is 23.4 Å². The molecule has 0 fully saturated rings. The second-order valence-electron chi connectivity index (χ2n) is 7.89. The van der Waals surface area contributed by atoms with E-state index in [1.54, 1.807) is 38.5 Å². The molecule has 0 radical (unpaired) electrons. The minimum atomic E-state index is -0.810. The number of carbonyl (C=O) groups excluding carboxylic acids is 2. The number of rotatable bonds is 8. The first-order valence-electron chi connectivity index (χ1n) is 10.8. The number of amides is 2. The van der Waals surface area contributed by atoms with Crippen LogP contribution in [-0.4, -0.2) is 37.5 Å². The second-order valence-corrected chi connectivity index (χ2v) is 8.30. The molecule has 8 heteroatoms. The molecule has 4 rings (SSSR count). The van der Waals surface area contributed by atoms with Gasteiger partial charge in [-0.3, -0.25) is 9.59 Å². The van der Waals surface area contributed by atoms with Crippen molar-refractivity contribution in [3.05, 3.63) is 93.8 Å². The first-order valence-corrected chi connectivity index (χ1v) is 11.1. The Morgan fingerprint density at radius 1 is 1.06 bits per heavy atom. The Morgan fingerprint density at radius 3 is 2.56 bits per heavy atom. The number of nitrogens with one attached hydrogen (secondary N) is 1. The van der Waals surface area contributed by atoms with E-state index >= 15 is 0 Å². The summed E-state index contributed by atoms with van der Waals surface area (Å²) in [6.07, 6.45) is 0.568. The number of hydrogen-bond donors (Lipinski definition) is 1. The molecule has 34 heavy (non-hydrogen) atoms. The third-order valence-electron chi connectivity index (χ3n) is 5.82. The lowest BCUT2D eigenvalue weighted by Gasteiger charge is -2.25. The zero-order valence-electron chi connectivity index (χ0n) is 18.8. The largest absolute Gasteiger partial charge is 0.493 e. The van der Waals surface area contributed by atoms with Gasteiger partial charge in [0.1, 0.15) is 11.9 Å². The van der Waals surface area contributed by atoms with Crippen LogP contribution in [-0.2, 0) is 17.8 Å². The molecule has 0 spiro atoms. The van der Waals surface area contributed by atoms with Gasteiger partial charge in [-0.25, -0.2) is 4.39 Å². The van der Waals surface area contributed by atoms with Gasteiger partial charge in [0.2, 0.25) is 5.91 Å². The van der Waals surface area contributed by atoms with E-state index in [9.17, 15) is 14.0 Å². The average Bonchev–Trinajstić information content (AvgIpc) is 3.12. The van der Waals surface area contributed by atoms with E-state index < -0.39 is 11.9 Å². The van der Waals surface area contributed by atoms with Crippen molar-refractivity contribution in [1.29, 1.82) is 0 Å². The zero-order chi connectivity index (χ0) is 24.2. The fraction of sp³-hybridized carbons (Fsp3) is 0.231. The molecule has 3 aromatic rings. The van der Waals surface area contributed by atoms with Crippen LogP contribution < -0.4 is 14.8 Å². The molecule has 176 valence electrons. The number of nitrogens with zero attached hydrogens (tertiary/aromatic N) is 1. The first kappa shape index (κ1) is 23.6. The molecular weight excluding hydrogens is 459 g/mol. The minimum absolute atomic E-state index is 0.0837. The number of benzene rings is 3. The van der Waals surface area contributed by atoms with Gasteiger partial charge in [-0.15, -0.1) is 0 Å². The van der Waals surface area contributed by atoms with Crippen LogP contribution in [0.2, 0.25) is 5.02 Å². The number of methoxy groups -OCH3 is 2. The third-order valence-corrected chi connectivity index (χ3v) is 6.18. The van der Waals surface area contributed by atoms with Gasteiger partial charge in [0.25, 0.3) is 5.91 Å². The quantitative estimate of drug-likeness (QED) is 0.511. The highest BCUT2D eigenvalue weighted by Gasteiger charge is 2.40. The molecule has 1 aliphatic heterocycles. The van der Waals surface area contributed by atoms with E-state index in [1.165, 1.54) is 23.1 Å². The van der Waals surface area contributed by atoms with Crippen molar-refractivity contribution < 1.29 is 23.5 Å². The van der Waals surface area contributed by atoms with Crippen LogP contribution >= 0.6 is 11.6 Å². The lowest BCUT2D eigenvalue weighted by atomic mass is 10.0. The maximum atomic E-state index is 13.5. The number of halogens is 2. The van der Waals surface area contributed by atoms with Crippen LogP contribution in [0.4, 0.5) is 4.39 Å². The maximum Gasteiger partial charge on any atom is 0.255 e. The lowest BCUT2D eigenvalue weighted by molar-refractivity contribution is -0.125. The summed E-state index contributed by atoms with van der Waals surface area (Å²) in [4.78, 5) is 27.9. The molecule has 1 aliphatic rings. The van der Waals surface area contributed by atoms with Crippen LogP contribution in [0.5, 0.6) is 11.5 Å². The standard InChI is InChI=1S/C26H24ClFN2O4/c1-33-22-10-7-16(13-23(22)34-2)11-12-29-25(31)24-19-5-3-4-6-20(19)26(32)30(24)15-17-8-9-18(28)14-21(17)27/h3-10,13-14,24H,11-12,15H2,1-2H3,(H,29,31). The van der Waals surface area contributed by atoms with Crippen molar-refractivity contribution in [3.8, 4) is 11.5 Å². The highest BCUT2D eigenvalue weighted by Crippen LogP contribution is 2.36. The van der Waals surface area contributed by atoms with E-state index in [4.69, 9.17) is 21.1 Å². The van der Waals surface area contributed by atoms with Crippen LogP contribution in [0.3, 0.4) is 0 Å². The van der Waals surface area contributed by atoms with E-state index in [2.05, 4.69) is 5.32 Å². The van der Waals surface area contributed by atoms with Gasteiger partial charge in [0, 0.05) is 23.7 Å². The van der Waals surface area contributed by atoms with Gasteiger partial charge in [0.15, 0.2) is 11.5 Å². The zero-order valence-corrected chi connectivity index (χ0v) is 19.6. The molecule has 6 nitrogen and oxygen atoms in total. The van der Waals surface area contributed by atoms with Crippen molar-refractivity contribution >= 4 is 23.4 Å². The Kier molecular flexibility index (Phi) is 7.03.